The second kappa shape index (κ2) is 8.15. The molecule has 1 atom stereocenters. The minimum absolute atomic E-state index is 0.0703. The van der Waals surface area contributed by atoms with Crippen molar-refractivity contribution in [2.75, 3.05) is 32.7 Å². The summed E-state index contributed by atoms with van der Waals surface area (Å²) in [7, 11) is 3.37. The lowest BCUT2D eigenvalue weighted by Gasteiger charge is -2.18. The van der Waals surface area contributed by atoms with Gasteiger partial charge in [0.15, 0.2) is 6.61 Å². The van der Waals surface area contributed by atoms with Gasteiger partial charge in [0, 0.05) is 38.0 Å². The number of aromatic nitrogens is 2. The van der Waals surface area contributed by atoms with E-state index in [0.29, 0.717) is 6.61 Å². The van der Waals surface area contributed by atoms with E-state index < -0.39 is 12.8 Å². The summed E-state index contributed by atoms with van der Waals surface area (Å²) >= 11 is 0. The highest BCUT2D eigenvalue weighted by molar-refractivity contribution is 5.43. The summed E-state index contributed by atoms with van der Waals surface area (Å²) in [6.45, 7) is 0.924. The molecule has 1 N–H and O–H groups in total. The molecule has 2 aromatic heterocycles. The molecule has 0 bridgehead atoms. The summed E-state index contributed by atoms with van der Waals surface area (Å²) in [4.78, 5) is 8.32. The molecule has 136 valence electrons. The Kier molecular flexibility index (Phi) is 6.19. The molecule has 0 amide bonds. The van der Waals surface area contributed by atoms with E-state index in [0.717, 1.165) is 22.6 Å². The third-order valence-corrected chi connectivity index (χ3v) is 3.51. The average Bonchev–Trinajstić information content (AvgIpc) is 2.57. The smallest absolute Gasteiger partial charge is 0.422 e. The zero-order valence-electron chi connectivity index (χ0n) is 14.2. The number of hydrogen-bond donors (Lipinski definition) is 1. The zero-order chi connectivity index (χ0) is 18.4. The molecule has 0 aliphatic heterocycles. The van der Waals surface area contributed by atoms with Crippen molar-refractivity contribution in [3.05, 3.63) is 47.3 Å². The third-order valence-electron chi connectivity index (χ3n) is 3.51. The molecule has 8 heteroatoms. The number of halogens is 3. The van der Waals surface area contributed by atoms with Gasteiger partial charge in [0.2, 0.25) is 5.88 Å². The summed E-state index contributed by atoms with van der Waals surface area (Å²) in [6.07, 6.45) is -2.89. The van der Waals surface area contributed by atoms with Crippen molar-refractivity contribution < 1.29 is 22.6 Å². The predicted molar refractivity (Wildman–Crippen MR) is 88.0 cm³/mol. The highest BCUT2D eigenvalue weighted by Crippen LogP contribution is 2.28. The van der Waals surface area contributed by atoms with E-state index >= 15 is 0 Å². The first-order chi connectivity index (χ1) is 11.8. The van der Waals surface area contributed by atoms with Gasteiger partial charge in [0.05, 0.1) is 6.61 Å². The van der Waals surface area contributed by atoms with Crippen LogP contribution in [0.4, 0.5) is 19.0 Å². The lowest BCUT2D eigenvalue weighted by Crippen LogP contribution is -2.19. The molecule has 0 saturated heterocycles. The number of anilines is 1. The first kappa shape index (κ1) is 19.0. The molecular formula is C17H20F3N3O2. The summed E-state index contributed by atoms with van der Waals surface area (Å²) in [5.74, 6) is 0.538. The van der Waals surface area contributed by atoms with Crippen molar-refractivity contribution in [1.82, 2.24) is 9.97 Å². The van der Waals surface area contributed by atoms with Gasteiger partial charge in [0.1, 0.15) is 5.82 Å². The van der Waals surface area contributed by atoms with Crippen LogP contribution >= 0.6 is 0 Å². The largest absolute Gasteiger partial charge is 0.468 e. The van der Waals surface area contributed by atoms with Gasteiger partial charge in [-0.25, -0.2) is 9.97 Å². The van der Waals surface area contributed by atoms with Gasteiger partial charge in [-0.1, -0.05) is 6.07 Å². The molecule has 25 heavy (non-hydrogen) atoms. The van der Waals surface area contributed by atoms with Crippen LogP contribution in [0.5, 0.6) is 5.88 Å². The normalized spacial score (nSPS) is 12.7. The summed E-state index contributed by atoms with van der Waals surface area (Å²) in [5.41, 5.74) is 2.64. The Morgan fingerprint density at radius 3 is 2.52 bits per heavy atom. The molecule has 0 fully saturated rings. The van der Waals surface area contributed by atoms with Crippen LogP contribution in [0.1, 0.15) is 22.7 Å². The van der Waals surface area contributed by atoms with E-state index in [9.17, 15) is 13.2 Å². The van der Waals surface area contributed by atoms with Crippen molar-refractivity contribution >= 4 is 5.82 Å². The molecule has 0 aliphatic rings. The number of nitrogens with one attached hydrogen (secondary N) is 1. The first-order valence-corrected chi connectivity index (χ1v) is 7.63. The highest BCUT2D eigenvalue weighted by atomic mass is 19.4. The molecule has 2 heterocycles. The highest BCUT2D eigenvalue weighted by Gasteiger charge is 2.28. The second-order valence-electron chi connectivity index (χ2n) is 5.52. The van der Waals surface area contributed by atoms with E-state index in [1.165, 1.54) is 12.3 Å². The van der Waals surface area contributed by atoms with Crippen LogP contribution < -0.4 is 10.1 Å². The number of alkyl halides is 3. The van der Waals surface area contributed by atoms with Gasteiger partial charge in [-0.3, -0.25) is 0 Å². The molecule has 0 spiro atoms. The van der Waals surface area contributed by atoms with E-state index in [2.05, 4.69) is 20.0 Å². The summed E-state index contributed by atoms with van der Waals surface area (Å²) in [5, 5.41) is 3.00. The molecule has 5 nitrogen and oxygen atoms in total. The average molecular weight is 355 g/mol. The van der Waals surface area contributed by atoms with Crippen LogP contribution in [0.2, 0.25) is 0 Å². The molecule has 0 radical (unpaired) electrons. The van der Waals surface area contributed by atoms with Gasteiger partial charge in [0.25, 0.3) is 0 Å². The Bertz CT molecular complexity index is 691. The van der Waals surface area contributed by atoms with Crippen LogP contribution in [0, 0.1) is 6.92 Å². The first-order valence-electron chi connectivity index (χ1n) is 7.63. The standard InChI is InChI=1S/C17H20F3N3O2/c1-11-6-13(7-15(21-2)23-11)14(9-24-3)12-4-5-16(22-8-12)25-10-17(18,19)20/h4-8,14H,9-10H2,1-3H3,(H,21,23)/t14-/m1/s1. The van der Waals surface area contributed by atoms with Gasteiger partial charge in [-0.05, 0) is 30.2 Å². The van der Waals surface area contributed by atoms with Crippen LogP contribution in [-0.2, 0) is 4.74 Å². The fourth-order valence-electron chi connectivity index (χ4n) is 2.42. The van der Waals surface area contributed by atoms with Crippen molar-refractivity contribution in [1.29, 1.82) is 0 Å². The van der Waals surface area contributed by atoms with Gasteiger partial charge in [-0.2, -0.15) is 13.2 Å². The molecule has 0 aliphatic carbocycles. The zero-order valence-corrected chi connectivity index (χ0v) is 14.2. The lowest BCUT2D eigenvalue weighted by molar-refractivity contribution is -0.154. The Balaban J connectivity index is 2.24. The Labute approximate surface area is 144 Å². The number of methoxy groups -OCH3 is 1. The topological polar surface area (TPSA) is 56.3 Å². The Hall–Kier alpha value is -2.35. The lowest BCUT2D eigenvalue weighted by atomic mass is 9.93. The maximum absolute atomic E-state index is 12.2. The summed E-state index contributed by atoms with van der Waals surface area (Å²) < 4.78 is 46.5. The second-order valence-corrected chi connectivity index (χ2v) is 5.52. The molecule has 2 aromatic rings. The quantitative estimate of drug-likeness (QED) is 0.823. The van der Waals surface area contributed by atoms with E-state index in [-0.39, 0.29) is 11.8 Å². The molecular weight excluding hydrogens is 335 g/mol. The minimum atomic E-state index is -4.39. The monoisotopic (exact) mass is 355 g/mol. The Morgan fingerprint density at radius 1 is 1.20 bits per heavy atom. The SMILES string of the molecule is CNc1cc([C@H](COC)c2ccc(OCC(F)(F)F)nc2)cc(C)n1. The van der Waals surface area contributed by atoms with E-state index in [1.54, 1.807) is 20.2 Å². The number of aryl methyl sites for hydroxylation is 1. The number of ether oxygens (including phenoxy) is 2. The van der Waals surface area contributed by atoms with Crippen molar-refractivity contribution in [3.8, 4) is 5.88 Å². The third kappa shape index (κ3) is 5.60. The number of hydrogen-bond acceptors (Lipinski definition) is 5. The maximum atomic E-state index is 12.2. The van der Waals surface area contributed by atoms with Gasteiger partial charge >= 0.3 is 6.18 Å². The van der Waals surface area contributed by atoms with Crippen molar-refractivity contribution in [2.45, 2.75) is 19.0 Å². The van der Waals surface area contributed by atoms with Crippen LogP contribution in [0.3, 0.4) is 0 Å². The van der Waals surface area contributed by atoms with E-state index in [1.807, 2.05) is 19.1 Å². The summed E-state index contributed by atoms with van der Waals surface area (Å²) in [6, 6.07) is 6.97. The number of nitrogens with zero attached hydrogens (tertiary/aromatic N) is 2. The number of rotatable bonds is 7. The maximum Gasteiger partial charge on any atom is 0.422 e. The molecule has 0 aromatic carbocycles. The van der Waals surface area contributed by atoms with Gasteiger partial charge in [-0.15, -0.1) is 0 Å². The Morgan fingerprint density at radius 2 is 1.96 bits per heavy atom. The fraction of sp³-hybridized carbons (Fsp3) is 0.412. The predicted octanol–water partition coefficient (Wildman–Crippen LogP) is 3.55. The van der Waals surface area contributed by atoms with Crippen LogP contribution in [0.25, 0.3) is 0 Å². The van der Waals surface area contributed by atoms with Crippen LogP contribution in [0.15, 0.2) is 30.5 Å². The molecule has 0 saturated carbocycles. The van der Waals surface area contributed by atoms with Crippen molar-refractivity contribution in [2.24, 2.45) is 0 Å². The minimum Gasteiger partial charge on any atom is -0.468 e. The molecule has 0 unspecified atom stereocenters. The van der Waals surface area contributed by atoms with Gasteiger partial charge < -0.3 is 14.8 Å². The van der Waals surface area contributed by atoms with Crippen LogP contribution in [-0.4, -0.2) is 43.5 Å². The number of pyridine rings is 2. The van der Waals surface area contributed by atoms with Crippen molar-refractivity contribution in [3.63, 3.8) is 0 Å². The fourth-order valence-corrected chi connectivity index (χ4v) is 2.42. The van der Waals surface area contributed by atoms with E-state index in [4.69, 9.17) is 4.74 Å². The molecule has 2 rings (SSSR count).